The van der Waals surface area contributed by atoms with Gasteiger partial charge in [-0.25, -0.2) is 9.18 Å². The van der Waals surface area contributed by atoms with Crippen molar-refractivity contribution in [3.8, 4) is 11.3 Å². The molecule has 2 aromatic rings. The van der Waals surface area contributed by atoms with Crippen LogP contribution in [0, 0.1) is 12.7 Å². The van der Waals surface area contributed by atoms with Crippen LogP contribution in [0.1, 0.15) is 16.1 Å². The molecule has 0 spiro atoms. The molecule has 0 unspecified atom stereocenters. The Hall–Kier alpha value is -1.69. The molecule has 2 rings (SSSR count). The summed E-state index contributed by atoms with van der Waals surface area (Å²) in [4.78, 5) is 11.7. The Morgan fingerprint density at radius 3 is 2.89 bits per heavy atom. The molecule has 0 N–H and O–H groups in total. The molecule has 0 bridgehead atoms. The molecule has 0 saturated carbocycles. The van der Waals surface area contributed by atoms with E-state index in [0.717, 1.165) is 0 Å². The third-order valence-electron chi connectivity index (χ3n) is 2.44. The molecule has 0 radical (unpaired) electrons. The smallest absolute Gasteiger partial charge is 0.343 e. The molecule has 0 aliphatic heterocycles. The van der Waals surface area contributed by atoms with Crippen molar-refractivity contribution in [2.24, 2.45) is 0 Å². The van der Waals surface area contributed by atoms with Crippen LogP contribution in [0.25, 0.3) is 11.3 Å². The first-order chi connectivity index (χ1) is 8.54. The molecular formula is C12H9BrFNO3. The first-order valence-corrected chi connectivity index (χ1v) is 5.84. The van der Waals surface area contributed by atoms with Gasteiger partial charge in [-0.05, 0) is 25.1 Å². The fourth-order valence-electron chi connectivity index (χ4n) is 1.58. The minimum atomic E-state index is -0.570. The molecule has 94 valence electrons. The molecule has 0 aliphatic carbocycles. The third-order valence-corrected chi connectivity index (χ3v) is 3.13. The Bertz CT molecular complexity index is 609. The predicted molar refractivity (Wildman–Crippen MR) is 65.7 cm³/mol. The SMILES string of the molecule is COC(=O)c1c(-c2cc(F)ccc2Br)noc1C. The number of halogens is 2. The Labute approximate surface area is 111 Å². The van der Waals surface area contributed by atoms with Crippen LogP contribution in [0.5, 0.6) is 0 Å². The zero-order valence-corrected chi connectivity index (χ0v) is 11.2. The van der Waals surface area contributed by atoms with E-state index in [1.807, 2.05) is 0 Å². The van der Waals surface area contributed by atoms with Crippen LogP contribution in [-0.4, -0.2) is 18.2 Å². The zero-order chi connectivity index (χ0) is 13.3. The van der Waals surface area contributed by atoms with Gasteiger partial charge in [0, 0.05) is 10.0 Å². The number of aromatic nitrogens is 1. The highest BCUT2D eigenvalue weighted by atomic mass is 79.9. The standard InChI is InChI=1S/C12H9BrFNO3/c1-6-10(12(16)17-2)11(15-18-6)8-5-7(14)3-4-9(8)13/h3-5H,1-2H3. The second-order valence-corrected chi connectivity index (χ2v) is 4.43. The van der Waals surface area contributed by atoms with Crippen LogP contribution in [0.3, 0.4) is 0 Å². The molecule has 0 fully saturated rings. The Morgan fingerprint density at radius 2 is 2.22 bits per heavy atom. The van der Waals surface area contributed by atoms with Crippen molar-refractivity contribution in [3.05, 3.63) is 39.8 Å². The highest BCUT2D eigenvalue weighted by Gasteiger charge is 2.23. The highest BCUT2D eigenvalue weighted by Crippen LogP contribution is 2.32. The molecule has 4 nitrogen and oxygen atoms in total. The van der Waals surface area contributed by atoms with E-state index in [4.69, 9.17) is 4.52 Å². The van der Waals surface area contributed by atoms with Gasteiger partial charge in [0.1, 0.15) is 22.8 Å². The quantitative estimate of drug-likeness (QED) is 0.798. The maximum Gasteiger partial charge on any atom is 0.343 e. The summed E-state index contributed by atoms with van der Waals surface area (Å²) in [7, 11) is 1.26. The van der Waals surface area contributed by atoms with Gasteiger partial charge >= 0.3 is 5.97 Å². The summed E-state index contributed by atoms with van der Waals surface area (Å²) in [6.07, 6.45) is 0. The molecule has 0 amide bonds. The second-order valence-electron chi connectivity index (χ2n) is 3.58. The van der Waals surface area contributed by atoms with E-state index in [9.17, 15) is 9.18 Å². The van der Waals surface area contributed by atoms with Crippen LogP contribution in [0.15, 0.2) is 27.2 Å². The van der Waals surface area contributed by atoms with Gasteiger partial charge in [0.25, 0.3) is 0 Å². The number of carbonyl (C=O) groups excluding carboxylic acids is 1. The van der Waals surface area contributed by atoms with E-state index in [0.29, 0.717) is 15.8 Å². The number of methoxy groups -OCH3 is 1. The minimum absolute atomic E-state index is 0.198. The monoisotopic (exact) mass is 313 g/mol. The van der Waals surface area contributed by atoms with Crippen LogP contribution < -0.4 is 0 Å². The molecule has 1 aromatic carbocycles. The topological polar surface area (TPSA) is 52.3 Å². The molecule has 1 heterocycles. The van der Waals surface area contributed by atoms with Gasteiger partial charge in [-0.15, -0.1) is 0 Å². The first kappa shape index (κ1) is 12.8. The number of ether oxygens (including phenoxy) is 1. The number of rotatable bonds is 2. The lowest BCUT2D eigenvalue weighted by Crippen LogP contribution is -2.03. The number of carbonyl (C=O) groups is 1. The summed E-state index contributed by atoms with van der Waals surface area (Å²) in [5, 5.41) is 3.78. The van der Waals surface area contributed by atoms with Crippen LogP contribution in [0.2, 0.25) is 0 Å². The van der Waals surface area contributed by atoms with Crippen molar-refractivity contribution in [2.75, 3.05) is 7.11 Å². The summed E-state index contributed by atoms with van der Waals surface area (Å²) in [6.45, 7) is 1.59. The van der Waals surface area contributed by atoms with Crippen LogP contribution in [-0.2, 0) is 4.74 Å². The van der Waals surface area contributed by atoms with E-state index in [1.165, 1.54) is 25.3 Å². The van der Waals surface area contributed by atoms with E-state index < -0.39 is 11.8 Å². The van der Waals surface area contributed by atoms with E-state index >= 15 is 0 Å². The fraction of sp³-hybridized carbons (Fsp3) is 0.167. The average molecular weight is 314 g/mol. The molecule has 0 aliphatic rings. The molecule has 18 heavy (non-hydrogen) atoms. The number of nitrogens with zero attached hydrogens (tertiary/aromatic N) is 1. The number of hydrogen-bond donors (Lipinski definition) is 0. The van der Waals surface area contributed by atoms with Crippen LogP contribution in [0.4, 0.5) is 4.39 Å². The maximum atomic E-state index is 13.3. The molecule has 0 saturated heterocycles. The first-order valence-electron chi connectivity index (χ1n) is 5.04. The number of esters is 1. The van der Waals surface area contributed by atoms with Gasteiger partial charge in [0.05, 0.1) is 7.11 Å². The largest absolute Gasteiger partial charge is 0.465 e. The molecule has 0 atom stereocenters. The van der Waals surface area contributed by atoms with Crippen molar-refractivity contribution in [1.29, 1.82) is 0 Å². The molecule has 6 heteroatoms. The number of hydrogen-bond acceptors (Lipinski definition) is 4. The van der Waals surface area contributed by atoms with Crippen molar-refractivity contribution in [3.63, 3.8) is 0 Å². The van der Waals surface area contributed by atoms with E-state index in [-0.39, 0.29) is 11.3 Å². The number of benzene rings is 1. The Kier molecular flexibility index (Phi) is 3.47. The number of aryl methyl sites for hydroxylation is 1. The van der Waals surface area contributed by atoms with E-state index in [2.05, 4.69) is 25.8 Å². The van der Waals surface area contributed by atoms with Crippen LogP contribution >= 0.6 is 15.9 Å². The summed E-state index contributed by atoms with van der Waals surface area (Å²) >= 11 is 3.28. The van der Waals surface area contributed by atoms with E-state index in [1.54, 1.807) is 6.92 Å². The lowest BCUT2D eigenvalue weighted by molar-refractivity contribution is 0.0599. The van der Waals surface area contributed by atoms with Crippen molar-refractivity contribution >= 4 is 21.9 Å². The fourth-order valence-corrected chi connectivity index (χ4v) is 2.01. The van der Waals surface area contributed by atoms with Gasteiger partial charge in [-0.1, -0.05) is 21.1 Å². The van der Waals surface area contributed by atoms with Crippen molar-refractivity contribution < 1.29 is 18.4 Å². The van der Waals surface area contributed by atoms with Gasteiger partial charge in [-0.2, -0.15) is 0 Å². The molecule has 1 aromatic heterocycles. The van der Waals surface area contributed by atoms with Gasteiger partial charge in [-0.3, -0.25) is 0 Å². The van der Waals surface area contributed by atoms with Gasteiger partial charge < -0.3 is 9.26 Å². The van der Waals surface area contributed by atoms with Crippen molar-refractivity contribution in [1.82, 2.24) is 5.16 Å². The second kappa shape index (κ2) is 4.89. The molecular weight excluding hydrogens is 305 g/mol. The lowest BCUT2D eigenvalue weighted by Gasteiger charge is -2.03. The Balaban J connectivity index is 2.64. The van der Waals surface area contributed by atoms with Gasteiger partial charge in [0.2, 0.25) is 0 Å². The highest BCUT2D eigenvalue weighted by molar-refractivity contribution is 9.10. The summed E-state index contributed by atoms with van der Waals surface area (Å²) in [5.74, 6) is -0.669. The average Bonchev–Trinajstić information content (AvgIpc) is 2.73. The minimum Gasteiger partial charge on any atom is -0.465 e. The third kappa shape index (κ3) is 2.15. The summed E-state index contributed by atoms with van der Waals surface area (Å²) in [6, 6.07) is 4.11. The maximum absolute atomic E-state index is 13.3. The van der Waals surface area contributed by atoms with Crippen molar-refractivity contribution in [2.45, 2.75) is 6.92 Å². The summed E-state index contributed by atoms with van der Waals surface area (Å²) in [5.41, 5.74) is 0.891. The predicted octanol–water partition coefficient (Wildman–Crippen LogP) is 3.34. The zero-order valence-electron chi connectivity index (χ0n) is 9.66. The van der Waals surface area contributed by atoms with Gasteiger partial charge in [0.15, 0.2) is 0 Å². The summed E-state index contributed by atoms with van der Waals surface area (Å²) < 4.78 is 23.5. The normalized spacial score (nSPS) is 10.4. The Morgan fingerprint density at radius 1 is 1.50 bits per heavy atom. The lowest BCUT2D eigenvalue weighted by atomic mass is 10.1.